The van der Waals surface area contributed by atoms with Gasteiger partial charge < -0.3 is 5.48 Å². The van der Waals surface area contributed by atoms with Crippen LogP contribution < -0.4 is 0 Å². The Balaban J connectivity index is -0.000000000500. The monoisotopic (exact) mass is 110 g/mol. The fraction of sp³-hybridized carbons (Fsp3) is 0.800. The molecule has 0 heterocycles. The predicted molar refractivity (Wildman–Crippen MR) is 34.5 cm³/mol. The van der Waals surface area contributed by atoms with Gasteiger partial charge in [0.15, 0.2) is 0 Å². The average Bonchev–Trinajstić information content (AvgIpc) is 1.00. The third kappa shape index (κ3) is 867. The average molecular weight is 110 g/mol. The van der Waals surface area contributed by atoms with Crippen LogP contribution >= 0.6 is 0 Å². The second-order valence-corrected chi connectivity index (χ2v) is 0. The summed E-state index contributed by atoms with van der Waals surface area (Å²) in [6, 6.07) is 0. The van der Waals surface area contributed by atoms with Crippen LogP contribution in [-0.4, -0.2) is 5.48 Å². The zero-order valence-corrected chi connectivity index (χ0v) is 1.41. The van der Waals surface area contributed by atoms with E-state index in [1.807, 2.05) is 0 Å². The van der Waals surface area contributed by atoms with Crippen LogP contribution in [0.15, 0.2) is 0 Å². The van der Waals surface area contributed by atoms with Crippen LogP contribution in [0, 0.1) is 6.65 Å². The van der Waals surface area contributed by atoms with Gasteiger partial charge in [0, 0.05) is 0 Å². The van der Waals surface area contributed by atoms with E-state index in [1.54, 1.807) is 0 Å². The molecule has 0 fully saturated rings. The Hall–Kier alpha value is -0.300. The fourth-order valence-corrected chi connectivity index (χ4v) is 0. The molecule has 0 aliphatic heterocycles. The molecular weight excluding hydrogens is 92.1 g/mol. The minimum absolute atomic E-state index is 0. The molecule has 0 radical (unpaired) electrons. The minimum atomic E-state index is 0. The van der Waals surface area contributed by atoms with Crippen molar-refractivity contribution in [2.75, 3.05) is 0 Å². The van der Waals surface area contributed by atoms with Crippen molar-refractivity contribution in [1.82, 2.24) is 0 Å². The molecule has 0 aliphatic carbocycles. The van der Waals surface area contributed by atoms with Crippen molar-refractivity contribution in [2.24, 2.45) is 0 Å². The van der Waals surface area contributed by atoms with Gasteiger partial charge in [0.1, 0.15) is 0 Å². The molecule has 0 aromatic rings. The zero-order chi connectivity index (χ0) is 2.00. The Labute approximate surface area is 47.6 Å². The summed E-state index contributed by atoms with van der Waals surface area (Å²) in [5, 5.41) is 0. The Bertz CT molecular complexity index is 10.8. The van der Waals surface area contributed by atoms with Gasteiger partial charge >= 0.3 is 11.3 Å². The van der Waals surface area contributed by atoms with Gasteiger partial charge in [0.05, 0.1) is 0 Å². The molecule has 0 unspecified atom stereocenters. The van der Waals surface area contributed by atoms with Crippen molar-refractivity contribution < 1.29 is 10.1 Å². The molecule has 7 heavy (non-hydrogen) atoms. The van der Waals surface area contributed by atoms with Gasteiger partial charge in [-0.15, -0.1) is 0 Å². The molecule has 50 valence electrons. The van der Waals surface area contributed by atoms with E-state index < -0.39 is 0 Å². The Kier molecular flexibility index (Phi) is 88800. The topological polar surface area (TPSA) is 51.4 Å². The maximum absolute atomic E-state index is 7.50. The van der Waals surface area contributed by atoms with Gasteiger partial charge in [-0.2, -0.15) is 0 Å². The molecule has 2 heteroatoms. The molecule has 0 atom stereocenters. The van der Waals surface area contributed by atoms with Crippen LogP contribution in [0.2, 0.25) is 0 Å². The summed E-state index contributed by atoms with van der Waals surface area (Å²) >= 11 is 0. The maximum atomic E-state index is 7.50. The van der Waals surface area contributed by atoms with Crippen molar-refractivity contribution >= 4 is 0 Å². The number of hydrogen-bond acceptors (Lipinski definition) is 0. The first-order valence-corrected chi connectivity index (χ1v) is 0.204. The molecule has 2 N–H and O–H groups in total. The fourth-order valence-electron chi connectivity index (χ4n) is 0. The van der Waals surface area contributed by atoms with Crippen molar-refractivity contribution in [2.45, 2.75) is 29.7 Å². The van der Waals surface area contributed by atoms with E-state index in [2.05, 4.69) is 6.65 Å². The summed E-state index contributed by atoms with van der Waals surface area (Å²) in [4.78, 5) is 0. The molecule has 0 aromatic carbocycles. The third-order valence-corrected chi connectivity index (χ3v) is 0. The van der Waals surface area contributed by atoms with E-state index in [9.17, 15) is 0 Å². The normalized spacial score (nSPS) is 0.286. The molecule has 0 aliphatic rings. The van der Waals surface area contributed by atoms with Crippen LogP contribution in [0.4, 0.5) is 0 Å². The molecule has 0 saturated heterocycles. The Morgan fingerprint density at radius 2 is 0.714 bits per heavy atom. The second kappa shape index (κ2) is 1400. The van der Waals surface area contributed by atoms with E-state index in [1.165, 1.54) is 0 Å². The van der Waals surface area contributed by atoms with Gasteiger partial charge in [-0.25, -0.2) is 0 Å². The Morgan fingerprint density at radius 3 is 0.714 bits per heavy atom. The second-order valence-electron chi connectivity index (χ2n) is 0. The van der Waals surface area contributed by atoms with Crippen molar-refractivity contribution in [1.29, 1.82) is 0 Å². The third-order valence-electron chi connectivity index (χ3n) is 0. The summed E-state index contributed by atoms with van der Waals surface area (Å²) in [5.74, 6) is 0. The van der Waals surface area contributed by atoms with Crippen LogP contribution in [0.1, 0.15) is 29.7 Å². The molecule has 0 aromatic heterocycles. The zero-order valence-electron chi connectivity index (χ0n) is 1.41. The van der Waals surface area contributed by atoms with Crippen LogP contribution in [-0.2, 0) is 4.65 Å². The molecule has 0 saturated carbocycles. The summed E-state index contributed by atoms with van der Waals surface area (Å²) in [6.07, 6.45) is 0. The first-order chi connectivity index (χ1) is 1.00. The summed E-state index contributed by atoms with van der Waals surface area (Å²) in [5.41, 5.74) is 0. The van der Waals surface area contributed by atoms with Crippen molar-refractivity contribution in [3.05, 3.63) is 6.65 Å². The van der Waals surface area contributed by atoms with Crippen molar-refractivity contribution in [3.63, 3.8) is 0 Å². The van der Waals surface area contributed by atoms with E-state index in [0.717, 1.165) is 0 Å². The van der Waals surface area contributed by atoms with E-state index in [0.29, 0.717) is 0 Å². The first kappa shape index (κ1) is 444. The van der Waals surface area contributed by atoms with Gasteiger partial charge in [-0.1, -0.05) is 29.7 Å². The molecule has 0 rings (SSSR count). The predicted octanol–water partition coefficient (Wildman–Crippen LogP) is 1.68. The van der Waals surface area contributed by atoms with E-state index in [4.69, 9.17) is 4.65 Å². The van der Waals surface area contributed by atoms with Crippen molar-refractivity contribution in [3.8, 4) is 0 Å². The Morgan fingerprint density at radius 1 is 0.714 bits per heavy atom. The van der Waals surface area contributed by atoms with Gasteiger partial charge in [-0.3, -0.25) is 0 Å². The molecular formula is C5H18O2. The van der Waals surface area contributed by atoms with Gasteiger partial charge in [0.25, 0.3) is 0 Å². The SMILES string of the molecule is C.C.C.C.O.[C-]#[O+]. The van der Waals surface area contributed by atoms with Gasteiger partial charge in [0.2, 0.25) is 0 Å². The summed E-state index contributed by atoms with van der Waals surface area (Å²) < 4.78 is 7.50. The van der Waals surface area contributed by atoms with Gasteiger partial charge in [-0.05, 0) is 0 Å². The number of hydrogen-bond donors (Lipinski definition) is 0. The van der Waals surface area contributed by atoms with Crippen LogP contribution in [0.5, 0.6) is 0 Å². The van der Waals surface area contributed by atoms with E-state index >= 15 is 0 Å². The first-order valence-electron chi connectivity index (χ1n) is 0.204. The standard InChI is InChI=1S/CO.4CH4.H2O/c1-2;;;;;/h;4*1H4;1H2. The summed E-state index contributed by atoms with van der Waals surface area (Å²) in [7, 11) is 0. The summed E-state index contributed by atoms with van der Waals surface area (Å²) in [6.45, 7) is 4.50. The quantitative estimate of drug-likeness (QED) is 0.336. The van der Waals surface area contributed by atoms with Crippen LogP contribution in [0.25, 0.3) is 0 Å². The molecule has 0 bridgehead atoms. The molecule has 2 nitrogen and oxygen atoms in total. The number of rotatable bonds is 0. The molecule has 0 spiro atoms. The molecule has 0 amide bonds. The van der Waals surface area contributed by atoms with Crippen LogP contribution in [0.3, 0.4) is 0 Å². The van der Waals surface area contributed by atoms with E-state index in [-0.39, 0.29) is 35.2 Å².